The Morgan fingerprint density at radius 3 is 1.50 bits per heavy atom. The SMILES string of the molecule is CCl.CSc1nccc(Br)n1.CSc1nccc(N[C@H]2CCCC3=Cc4c(cnn4-c4ccc(F)cc4)C[C@@]32C)n1.C[C@]12Cc3cnn(-c4ccc(F)cc4)c3C=C1CCCC2=O.C[C@]12Cc3cnn(-c4ccc(F)cc4)c3C=C1CCC[C@@H]2N.[B]. The average Bonchev–Trinajstić information content (AvgIpc) is 1.50. The molecule has 0 spiro atoms. The second-order valence-corrected chi connectivity index (χ2v) is 25.1. The number of hydrogen-bond acceptors (Lipinski definition) is 12. The maximum absolute atomic E-state index is 13.3. The highest BCUT2D eigenvalue weighted by atomic mass is 79.9. The van der Waals surface area contributed by atoms with Gasteiger partial charge in [-0.25, -0.2) is 47.2 Å². The van der Waals surface area contributed by atoms with E-state index >= 15 is 0 Å². The van der Waals surface area contributed by atoms with Crippen molar-refractivity contribution in [3.05, 3.63) is 188 Å². The van der Waals surface area contributed by atoms with Gasteiger partial charge in [0.1, 0.15) is 33.7 Å². The van der Waals surface area contributed by atoms with Crippen LogP contribution in [0.15, 0.2) is 148 Å². The molecule has 6 aliphatic carbocycles. The molecule has 86 heavy (non-hydrogen) atoms. The zero-order valence-corrected chi connectivity index (χ0v) is 53.1. The second kappa shape index (κ2) is 27.6. The van der Waals surface area contributed by atoms with Crippen molar-refractivity contribution in [3.8, 4) is 17.1 Å². The number of nitrogens with one attached hydrogen (secondary N) is 1. The Morgan fingerprint density at radius 1 is 0.581 bits per heavy atom. The third-order valence-electron chi connectivity index (χ3n) is 17.5. The summed E-state index contributed by atoms with van der Waals surface area (Å²) in [6, 6.07) is 23.6. The molecule has 5 heterocycles. The predicted octanol–water partition coefficient (Wildman–Crippen LogP) is 14.7. The van der Waals surface area contributed by atoms with Crippen LogP contribution in [-0.4, -0.2) is 94.5 Å². The number of halogens is 5. The number of aromatic nitrogens is 10. The van der Waals surface area contributed by atoms with Crippen LogP contribution in [0.3, 0.4) is 0 Å². The highest BCUT2D eigenvalue weighted by Crippen LogP contribution is 2.50. The van der Waals surface area contributed by atoms with Crippen molar-refractivity contribution in [1.29, 1.82) is 0 Å². The summed E-state index contributed by atoms with van der Waals surface area (Å²) < 4.78 is 46.1. The van der Waals surface area contributed by atoms with E-state index < -0.39 is 0 Å². The van der Waals surface area contributed by atoms with Crippen molar-refractivity contribution in [2.75, 3.05) is 24.2 Å². The van der Waals surface area contributed by atoms with Crippen LogP contribution in [0.4, 0.5) is 19.0 Å². The molecule has 3 saturated carbocycles. The quantitative estimate of drug-likeness (QED) is 0.0512. The van der Waals surface area contributed by atoms with E-state index in [9.17, 15) is 18.0 Å². The third kappa shape index (κ3) is 13.4. The minimum absolute atomic E-state index is 0. The lowest BCUT2D eigenvalue weighted by Gasteiger charge is -2.46. The molecule has 3 N–H and O–H groups in total. The molecule has 0 unspecified atom stereocenters. The number of hydrogen-bond donors (Lipinski definition) is 2. The molecule has 5 atom stereocenters. The number of nitrogens with two attached hydrogens (primary N) is 1. The minimum Gasteiger partial charge on any atom is -0.366 e. The van der Waals surface area contributed by atoms with Crippen LogP contribution in [0.5, 0.6) is 0 Å². The van der Waals surface area contributed by atoms with Crippen LogP contribution in [0, 0.1) is 33.7 Å². The van der Waals surface area contributed by atoms with Crippen molar-refractivity contribution in [3.63, 3.8) is 0 Å². The fourth-order valence-corrected chi connectivity index (χ4v) is 13.8. The van der Waals surface area contributed by atoms with Gasteiger partial charge in [-0.05, 0) is 226 Å². The Morgan fingerprint density at radius 2 is 1.01 bits per heavy atom. The lowest BCUT2D eigenvalue weighted by molar-refractivity contribution is -0.127. The van der Waals surface area contributed by atoms with Crippen molar-refractivity contribution in [2.45, 2.75) is 120 Å². The van der Waals surface area contributed by atoms with E-state index in [2.05, 4.69) is 107 Å². The van der Waals surface area contributed by atoms with Gasteiger partial charge in [-0.3, -0.25) is 4.79 Å². The topological polar surface area (TPSA) is 160 Å². The molecule has 3 fully saturated rings. The van der Waals surface area contributed by atoms with Gasteiger partial charge in [0.25, 0.3) is 0 Å². The number of rotatable bonds is 7. The molecule has 0 aliphatic heterocycles. The Bertz CT molecular complexity index is 3780. The average molecular weight is 1280 g/mol. The van der Waals surface area contributed by atoms with Crippen LogP contribution in [0.2, 0.25) is 0 Å². The van der Waals surface area contributed by atoms with Gasteiger partial charge in [0.05, 0.1) is 58.1 Å². The Hall–Kier alpha value is -6.58. The molecule has 8 aromatic rings. The van der Waals surface area contributed by atoms with Gasteiger partial charge >= 0.3 is 0 Å². The zero-order chi connectivity index (χ0) is 60.0. The van der Waals surface area contributed by atoms with Crippen LogP contribution in [0.1, 0.15) is 112 Å². The number of benzene rings is 3. The summed E-state index contributed by atoms with van der Waals surface area (Å²) in [5.74, 6) is 0.503. The van der Waals surface area contributed by atoms with Crippen molar-refractivity contribution in [2.24, 2.45) is 22.0 Å². The number of ketones is 1. The van der Waals surface area contributed by atoms with Crippen LogP contribution in [0.25, 0.3) is 35.3 Å². The summed E-state index contributed by atoms with van der Waals surface area (Å²) in [5.41, 5.74) is 19.6. The van der Waals surface area contributed by atoms with Gasteiger partial charge in [0, 0.05) is 56.5 Å². The molecule has 0 amide bonds. The number of carbonyl (C=O) groups excluding carboxylic acids is 1. The maximum Gasteiger partial charge on any atom is 0.189 e. The van der Waals surface area contributed by atoms with E-state index in [1.807, 2.05) is 57.4 Å². The first kappa shape index (κ1) is 63.9. The molecule has 6 aliphatic rings. The number of thioether (sulfide) groups is 2. The van der Waals surface area contributed by atoms with Crippen LogP contribution in [-0.2, 0) is 24.1 Å². The lowest BCUT2D eigenvalue weighted by atomic mass is 9.63. The largest absolute Gasteiger partial charge is 0.366 e. The standard InChI is InChI=1S/C23H24FN5S.C18H20FN3.C18H17FN2O.C5H5BrN2S.CH3Cl.B/c1-23-13-15-14-26-29(18-8-6-17(24)7-9-18)19(15)12-16(23)4-3-5-20(23)27-21-10-11-25-22(28-21)30-2;1-18-10-12-11-21-22(15-7-5-14(19)6-8-15)16(12)9-13(18)3-2-4-17(18)20;1-18-10-12-11-20-21(15-7-5-14(19)6-8-15)16(12)9-13(18)3-2-4-17(18)22;1-9-5-7-3-2-4(6)8-5;1-2;/h6-12,14,20H,3-5,13H2,1-2H3,(H,25,27,28);5-9,11,17H,2-4,10,20H2,1H3;5-9,11H,2-4,10H2,1H3;2-3H,1H3;1H3;/t20-,23-;17-,18-;18-;;;/m000.../s1. The minimum atomic E-state index is -0.359. The summed E-state index contributed by atoms with van der Waals surface area (Å²) >= 11 is 11.0. The van der Waals surface area contributed by atoms with Gasteiger partial charge < -0.3 is 11.1 Å². The summed E-state index contributed by atoms with van der Waals surface area (Å²) in [6.07, 6.45) is 33.2. The summed E-state index contributed by atoms with van der Waals surface area (Å²) in [7, 11) is 0. The van der Waals surface area contributed by atoms with Crippen LogP contribution >= 0.6 is 51.1 Å². The molecule has 21 heteroatoms. The highest BCUT2D eigenvalue weighted by molar-refractivity contribution is 9.10. The van der Waals surface area contributed by atoms with E-state index in [0.29, 0.717) is 24.7 Å². The Kier molecular flexibility index (Phi) is 20.5. The van der Waals surface area contributed by atoms with E-state index in [0.717, 1.165) is 125 Å². The fraction of sp³-hybridized carbons (Fsp3) is 0.354. The molecule has 14 rings (SSSR count). The highest BCUT2D eigenvalue weighted by Gasteiger charge is 2.45. The summed E-state index contributed by atoms with van der Waals surface area (Å²) in [6.45, 7) is 6.68. The van der Waals surface area contributed by atoms with E-state index in [-0.39, 0.29) is 48.2 Å². The van der Waals surface area contributed by atoms with Crippen molar-refractivity contribution in [1.82, 2.24) is 49.3 Å². The summed E-state index contributed by atoms with van der Waals surface area (Å²) in [5, 5.41) is 18.9. The van der Waals surface area contributed by atoms with Gasteiger partial charge in [0.2, 0.25) is 0 Å². The number of anilines is 1. The first-order valence-corrected chi connectivity index (χ1v) is 32.5. The maximum atomic E-state index is 13.3. The fourth-order valence-electron chi connectivity index (χ4n) is 12.7. The number of fused-ring (bicyclic) bond motifs is 6. The van der Waals surface area contributed by atoms with E-state index in [4.69, 9.17) is 5.73 Å². The molecule has 5 aromatic heterocycles. The second-order valence-electron chi connectivity index (χ2n) is 22.7. The smallest absolute Gasteiger partial charge is 0.189 e. The number of carbonyl (C=O) groups is 1. The first-order valence-electron chi connectivity index (χ1n) is 28.5. The normalized spacial score (nSPS) is 22.0. The van der Waals surface area contributed by atoms with Crippen LogP contribution < -0.4 is 11.1 Å². The lowest BCUT2D eigenvalue weighted by Crippen LogP contribution is -2.46. The predicted molar refractivity (Wildman–Crippen MR) is 345 cm³/mol. The van der Waals surface area contributed by atoms with Crippen molar-refractivity contribution >= 4 is 89.3 Å². The summed E-state index contributed by atoms with van der Waals surface area (Å²) in [4.78, 5) is 29.3. The molecule has 3 aromatic carbocycles. The number of Topliss-reactive ketones (excluding diaryl/α,β-unsaturated/α-hetero) is 1. The third-order valence-corrected chi connectivity index (χ3v) is 19.1. The Balaban J connectivity index is 0.000000143. The van der Waals surface area contributed by atoms with Gasteiger partial charge in [0.15, 0.2) is 10.3 Å². The molecule has 0 saturated heterocycles. The molecule has 3 radical (unpaired) electrons. The monoisotopic (exact) mass is 1280 g/mol. The number of nitrogens with zero attached hydrogens (tertiary/aromatic N) is 10. The molecular formula is C65H69BBrClF3N12OS2. The van der Waals surface area contributed by atoms with Crippen molar-refractivity contribution < 1.29 is 18.0 Å². The number of allylic oxidation sites excluding steroid dienone is 1. The molecular weight excluding hydrogens is 1210 g/mol. The van der Waals surface area contributed by atoms with Gasteiger partial charge in [-0.1, -0.05) is 54.1 Å². The van der Waals surface area contributed by atoms with Gasteiger partial charge in [-0.2, -0.15) is 15.3 Å². The van der Waals surface area contributed by atoms with E-state index in [1.54, 1.807) is 60.4 Å². The first-order chi connectivity index (χ1) is 41.0. The molecule has 445 valence electrons. The van der Waals surface area contributed by atoms with Gasteiger partial charge in [-0.15, -0.1) is 11.6 Å². The molecule has 13 nitrogen and oxygen atoms in total. The number of alkyl halides is 1. The van der Waals surface area contributed by atoms with E-state index in [1.165, 1.54) is 82.4 Å². The Labute approximate surface area is 525 Å². The zero-order valence-electron chi connectivity index (χ0n) is 49.1. The molecule has 0 bridgehead atoms.